The van der Waals surface area contributed by atoms with Gasteiger partial charge in [0.25, 0.3) is 0 Å². The number of rotatable bonds is 6. The van der Waals surface area contributed by atoms with Gasteiger partial charge in [-0.2, -0.15) is 0 Å². The van der Waals surface area contributed by atoms with Gasteiger partial charge in [0.1, 0.15) is 5.75 Å². The number of hydrogen-bond acceptors (Lipinski definition) is 2. The Bertz CT molecular complexity index is 423. The molecular weight excluding hydrogens is 224 g/mol. The molecule has 0 saturated carbocycles. The molecule has 1 aromatic carbocycles. The van der Waals surface area contributed by atoms with Crippen molar-refractivity contribution >= 4 is 5.97 Å². The first-order chi connectivity index (χ1) is 8.77. The zero-order chi connectivity index (χ0) is 13.0. The lowest BCUT2D eigenvalue weighted by Crippen LogP contribution is -2.11. The van der Waals surface area contributed by atoms with Crippen molar-refractivity contribution in [3.63, 3.8) is 0 Å². The van der Waals surface area contributed by atoms with Gasteiger partial charge in [0.15, 0.2) is 0 Å². The van der Waals surface area contributed by atoms with E-state index in [-0.39, 0.29) is 11.9 Å². The molecule has 18 heavy (non-hydrogen) atoms. The fourth-order valence-corrected chi connectivity index (χ4v) is 2.63. The van der Waals surface area contributed by atoms with Gasteiger partial charge in [0.05, 0.1) is 5.92 Å². The van der Waals surface area contributed by atoms with Gasteiger partial charge in [-0.15, -0.1) is 0 Å². The zero-order valence-corrected chi connectivity index (χ0v) is 11.4. The molecule has 0 radical (unpaired) electrons. The molecule has 0 aliphatic carbocycles. The van der Waals surface area contributed by atoms with E-state index in [4.69, 9.17) is 4.74 Å². The molecule has 2 rings (SSSR count). The van der Waals surface area contributed by atoms with Gasteiger partial charge in [0, 0.05) is 5.56 Å². The Morgan fingerprint density at radius 3 is 2.67 bits per heavy atom. The van der Waals surface area contributed by atoms with E-state index < -0.39 is 0 Å². The van der Waals surface area contributed by atoms with Gasteiger partial charge < -0.3 is 4.74 Å². The maximum atomic E-state index is 11.9. The second-order valence-corrected chi connectivity index (χ2v) is 5.05. The summed E-state index contributed by atoms with van der Waals surface area (Å²) >= 11 is 0. The van der Waals surface area contributed by atoms with Crippen molar-refractivity contribution in [1.82, 2.24) is 0 Å². The highest BCUT2D eigenvalue weighted by Crippen LogP contribution is 2.40. The number of carbonyl (C=O) groups is 1. The Kier molecular flexibility index (Phi) is 4.40. The molecule has 1 heterocycles. The fourth-order valence-electron chi connectivity index (χ4n) is 2.63. The smallest absolute Gasteiger partial charge is 0.318 e. The molecule has 0 saturated heterocycles. The molecule has 1 aliphatic heterocycles. The number of fused-ring (bicyclic) bond motifs is 1. The molecule has 0 spiro atoms. The summed E-state index contributed by atoms with van der Waals surface area (Å²) in [5, 5.41) is 0. The maximum Gasteiger partial charge on any atom is 0.318 e. The van der Waals surface area contributed by atoms with Crippen LogP contribution in [-0.2, 0) is 11.2 Å². The third-order valence-electron chi connectivity index (χ3n) is 3.65. The lowest BCUT2D eigenvalue weighted by atomic mass is 9.89. The quantitative estimate of drug-likeness (QED) is 0.555. The van der Waals surface area contributed by atoms with E-state index in [0.717, 1.165) is 31.4 Å². The Morgan fingerprint density at radius 1 is 1.17 bits per heavy atom. The molecule has 98 valence electrons. The summed E-state index contributed by atoms with van der Waals surface area (Å²) in [5.74, 6) is 0.727. The molecule has 1 aromatic rings. The number of ether oxygens (including phenoxy) is 1. The van der Waals surface area contributed by atoms with Crippen LogP contribution in [0.25, 0.3) is 0 Å². The molecule has 1 aliphatic rings. The monoisotopic (exact) mass is 246 g/mol. The summed E-state index contributed by atoms with van der Waals surface area (Å²) in [6.45, 7) is 4.35. The topological polar surface area (TPSA) is 26.3 Å². The Hall–Kier alpha value is -1.31. The number of hydrogen-bond donors (Lipinski definition) is 0. The van der Waals surface area contributed by atoms with Crippen LogP contribution in [-0.4, -0.2) is 5.97 Å². The molecule has 2 heteroatoms. The average molecular weight is 246 g/mol. The van der Waals surface area contributed by atoms with E-state index in [9.17, 15) is 4.79 Å². The van der Waals surface area contributed by atoms with Crippen molar-refractivity contribution in [2.75, 3.05) is 0 Å². The predicted molar refractivity (Wildman–Crippen MR) is 73.0 cm³/mol. The summed E-state index contributed by atoms with van der Waals surface area (Å²) in [5.41, 5.74) is 2.48. The van der Waals surface area contributed by atoms with E-state index in [0.29, 0.717) is 0 Å². The van der Waals surface area contributed by atoms with Gasteiger partial charge >= 0.3 is 5.97 Å². The molecule has 0 bridgehead atoms. The number of carbonyl (C=O) groups excluding carboxylic acids is 1. The Balaban J connectivity index is 2.25. The lowest BCUT2D eigenvalue weighted by Gasteiger charge is -2.11. The van der Waals surface area contributed by atoms with Crippen LogP contribution in [0.3, 0.4) is 0 Å². The SMILES string of the molecule is CCCCc1cccc2c1C(CCCC)C(=O)O2. The third kappa shape index (κ3) is 2.58. The minimum atomic E-state index is -0.0533. The lowest BCUT2D eigenvalue weighted by molar-refractivity contribution is -0.134. The standard InChI is InChI=1S/C16H22O2/c1-3-5-8-12-9-7-11-14-15(12)13(10-6-4-2)16(17)18-14/h7,9,11,13H,3-6,8,10H2,1-2H3. The molecule has 0 amide bonds. The molecule has 1 atom stereocenters. The Morgan fingerprint density at radius 2 is 1.94 bits per heavy atom. The molecule has 0 aromatic heterocycles. The van der Waals surface area contributed by atoms with Gasteiger partial charge in [0.2, 0.25) is 0 Å². The minimum Gasteiger partial charge on any atom is -0.426 e. The number of unbranched alkanes of at least 4 members (excludes halogenated alkanes) is 2. The van der Waals surface area contributed by atoms with Crippen LogP contribution >= 0.6 is 0 Å². The highest BCUT2D eigenvalue weighted by atomic mass is 16.5. The van der Waals surface area contributed by atoms with Crippen molar-refractivity contribution in [1.29, 1.82) is 0 Å². The van der Waals surface area contributed by atoms with Crippen LogP contribution in [0.15, 0.2) is 18.2 Å². The molecule has 1 unspecified atom stereocenters. The maximum absolute atomic E-state index is 11.9. The first-order valence-corrected chi connectivity index (χ1v) is 7.11. The van der Waals surface area contributed by atoms with E-state index >= 15 is 0 Å². The zero-order valence-electron chi connectivity index (χ0n) is 11.4. The Labute approximate surface area is 109 Å². The average Bonchev–Trinajstić information content (AvgIpc) is 2.70. The van der Waals surface area contributed by atoms with Crippen molar-refractivity contribution in [3.8, 4) is 5.75 Å². The summed E-state index contributed by atoms with van der Waals surface area (Å²) in [4.78, 5) is 11.9. The van der Waals surface area contributed by atoms with Crippen LogP contribution in [0.5, 0.6) is 5.75 Å². The van der Waals surface area contributed by atoms with Crippen LogP contribution in [0.1, 0.15) is 63.0 Å². The second kappa shape index (κ2) is 6.03. The van der Waals surface area contributed by atoms with Crippen LogP contribution in [0, 0.1) is 0 Å². The number of benzene rings is 1. The second-order valence-electron chi connectivity index (χ2n) is 5.05. The summed E-state index contributed by atoms with van der Waals surface area (Å²) in [6.07, 6.45) is 6.53. The number of aryl methyl sites for hydroxylation is 1. The van der Waals surface area contributed by atoms with Crippen molar-refractivity contribution in [3.05, 3.63) is 29.3 Å². The van der Waals surface area contributed by atoms with Crippen LogP contribution < -0.4 is 4.74 Å². The highest BCUT2D eigenvalue weighted by Gasteiger charge is 2.34. The fraction of sp³-hybridized carbons (Fsp3) is 0.562. The molecule has 0 fully saturated rings. The summed E-state index contributed by atoms with van der Waals surface area (Å²) in [6, 6.07) is 6.07. The summed E-state index contributed by atoms with van der Waals surface area (Å²) < 4.78 is 5.40. The van der Waals surface area contributed by atoms with Crippen LogP contribution in [0.2, 0.25) is 0 Å². The van der Waals surface area contributed by atoms with Crippen molar-refractivity contribution < 1.29 is 9.53 Å². The van der Waals surface area contributed by atoms with Gasteiger partial charge in [-0.25, -0.2) is 0 Å². The van der Waals surface area contributed by atoms with Crippen molar-refractivity contribution in [2.45, 2.75) is 58.3 Å². The molecular formula is C16H22O2. The molecule has 0 N–H and O–H groups in total. The number of esters is 1. The van der Waals surface area contributed by atoms with E-state index in [1.807, 2.05) is 12.1 Å². The van der Waals surface area contributed by atoms with Crippen molar-refractivity contribution in [2.24, 2.45) is 0 Å². The van der Waals surface area contributed by atoms with Gasteiger partial charge in [-0.1, -0.05) is 45.2 Å². The highest BCUT2D eigenvalue weighted by molar-refractivity contribution is 5.86. The van der Waals surface area contributed by atoms with E-state index in [1.165, 1.54) is 24.0 Å². The third-order valence-corrected chi connectivity index (χ3v) is 3.65. The normalized spacial score (nSPS) is 17.7. The predicted octanol–water partition coefficient (Wildman–Crippen LogP) is 4.22. The first kappa shape index (κ1) is 13.1. The molecule has 2 nitrogen and oxygen atoms in total. The van der Waals surface area contributed by atoms with E-state index in [1.54, 1.807) is 0 Å². The summed E-state index contributed by atoms with van der Waals surface area (Å²) in [7, 11) is 0. The van der Waals surface area contributed by atoms with Gasteiger partial charge in [-0.3, -0.25) is 4.79 Å². The van der Waals surface area contributed by atoms with E-state index in [2.05, 4.69) is 19.9 Å². The largest absolute Gasteiger partial charge is 0.426 e. The van der Waals surface area contributed by atoms with Gasteiger partial charge in [-0.05, 0) is 30.9 Å². The minimum absolute atomic E-state index is 0.0204. The first-order valence-electron chi connectivity index (χ1n) is 7.11. The van der Waals surface area contributed by atoms with Crippen LogP contribution in [0.4, 0.5) is 0 Å².